The van der Waals surface area contributed by atoms with Crippen LogP contribution in [0.2, 0.25) is 0 Å². The zero-order chi connectivity index (χ0) is 45.2. The topological polar surface area (TPSA) is 133 Å². The van der Waals surface area contributed by atoms with Gasteiger partial charge in [-0.25, -0.2) is 0 Å². The van der Waals surface area contributed by atoms with E-state index in [1.807, 2.05) is 79.4 Å². The molecule has 65 heavy (non-hydrogen) atoms. The molecule has 0 bridgehead atoms. The highest BCUT2D eigenvalue weighted by atomic mass is 16.5. The normalized spacial score (nSPS) is 17.1. The molecule has 0 saturated heterocycles. The summed E-state index contributed by atoms with van der Waals surface area (Å²) in [6, 6.07) is 28.7. The zero-order valence-corrected chi connectivity index (χ0v) is 37.3. The molecule has 0 spiro atoms. The Hall–Kier alpha value is -7.38. The Kier molecular flexibility index (Phi) is 12.1. The van der Waals surface area contributed by atoms with Gasteiger partial charge in [0.15, 0.2) is 23.0 Å². The van der Waals surface area contributed by atoms with E-state index in [-0.39, 0.29) is 43.2 Å². The molecule has 13 heteroatoms. The Morgan fingerprint density at radius 3 is 1.40 bits per heavy atom. The average molecular weight is 874 g/mol. The number of amides is 2. The summed E-state index contributed by atoms with van der Waals surface area (Å²) in [5.41, 5.74) is 8.91. The van der Waals surface area contributed by atoms with E-state index in [1.54, 1.807) is 62.5 Å². The maximum Gasteiger partial charge on any atom is 0.260 e. The Balaban J connectivity index is 0.920. The lowest BCUT2D eigenvalue weighted by molar-refractivity contribution is 0.0809. The van der Waals surface area contributed by atoms with E-state index >= 15 is 0 Å². The molecule has 5 aromatic carbocycles. The SMILES string of the molecule is COc1ccc(C2=CN3C(=O)c4cc(OC)c(OCc5cc(CNC(C)C)cc(COc6cc7c(cc6OC)C(=O)N6C=C(c8ccc(OC)cc8)CC6C=N7)c5)cc4N=CC3C2)cc1. The monoisotopic (exact) mass is 873 g/mol. The lowest BCUT2D eigenvalue weighted by Gasteiger charge is -2.19. The quantitative estimate of drug-likeness (QED) is 0.109. The second kappa shape index (κ2) is 18.4. The predicted molar refractivity (Wildman–Crippen MR) is 250 cm³/mol. The smallest absolute Gasteiger partial charge is 0.260 e. The van der Waals surface area contributed by atoms with E-state index in [4.69, 9.17) is 38.4 Å². The number of nitrogens with one attached hydrogen (secondary N) is 1. The lowest BCUT2D eigenvalue weighted by Crippen LogP contribution is -2.32. The third kappa shape index (κ3) is 8.92. The number of rotatable bonds is 15. The number of nitrogens with zero attached hydrogens (tertiary/aromatic N) is 4. The van der Waals surface area contributed by atoms with Gasteiger partial charge in [0.2, 0.25) is 0 Å². The first-order chi connectivity index (χ1) is 31.6. The number of fused-ring (bicyclic) bond motifs is 4. The molecule has 9 rings (SSSR count). The minimum absolute atomic E-state index is 0.160. The van der Waals surface area contributed by atoms with E-state index in [9.17, 15) is 9.59 Å². The van der Waals surface area contributed by atoms with Crippen LogP contribution in [-0.2, 0) is 19.8 Å². The second-order valence-corrected chi connectivity index (χ2v) is 16.6. The fourth-order valence-corrected chi connectivity index (χ4v) is 8.50. The molecule has 0 fully saturated rings. The largest absolute Gasteiger partial charge is 0.497 e. The van der Waals surface area contributed by atoms with Gasteiger partial charge < -0.3 is 43.5 Å². The summed E-state index contributed by atoms with van der Waals surface area (Å²) in [5.74, 6) is 3.02. The predicted octanol–water partition coefficient (Wildman–Crippen LogP) is 9.32. The van der Waals surface area contributed by atoms with Crippen molar-refractivity contribution in [1.82, 2.24) is 15.1 Å². The summed E-state index contributed by atoms with van der Waals surface area (Å²) in [5, 5.41) is 3.51. The molecule has 0 saturated carbocycles. The number of ether oxygens (including phenoxy) is 6. The number of carbonyl (C=O) groups excluding carboxylic acids is 2. The van der Waals surface area contributed by atoms with E-state index in [1.165, 1.54) is 0 Å². The highest BCUT2D eigenvalue weighted by molar-refractivity contribution is 6.06. The van der Waals surface area contributed by atoms with Crippen LogP contribution in [0.5, 0.6) is 34.5 Å². The molecule has 4 aliphatic heterocycles. The van der Waals surface area contributed by atoms with Crippen LogP contribution >= 0.6 is 0 Å². The van der Waals surface area contributed by atoms with Gasteiger partial charge in [-0.3, -0.25) is 19.6 Å². The Morgan fingerprint density at radius 2 is 1.00 bits per heavy atom. The molecule has 5 aromatic rings. The van der Waals surface area contributed by atoms with E-state index < -0.39 is 0 Å². The lowest BCUT2D eigenvalue weighted by atomic mass is 10.0. The Labute approximate surface area is 378 Å². The van der Waals surface area contributed by atoms with Crippen LogP contribution in [0.4, 0.5) is 11.4 Å². The maximum atomic E-state index is 14.0. The molecule has 1 N–H and O–H groups in total. The molecule has 13 nitrogen and oxygen atoms in total. The second-order valence-electron chi connectivity index (χ2n) is 16.6. The van der Waals surface area contributed by atoms with Crippen molar-refractivity contribution in [2.24, 2.45) is 9.98 Å². The van der Waals surface area contributed by atoms with Gasteiger partial charge in [-0.15, -0.1) is 0 Å². The summed E-state index contributed by atoms with van der Waals surface area (Å²) in [6.07, 6.45) is 8.75. The van der Waals surface area contributed by atoms with Crippen molar-refractivity contribution >= 4 is 46.8 Å². The molecule has 2 unspecified atom stereocenters. The third-order valence-electron chi connectivity index (χ3n) is 12.0. The third-order valence-corrected chi connectivity index (χ3v) is 12.0. The van der Waals surface area contributed by atoms with Gasteiger partial charge >= 0.3 is 0 Å². The van der Waals surface area contributed by atoms with Gasteiger partial charge in [-0.05, 0) is 81.4 Å². The summed E-state index contributed by atoms with van der Waals surface area (Å²) in [4.78, 5) is 41.0. The first-order valence-electron chi connectivity index (χ1n) is 21.6. The van der Waals surface area contributed by atoms with Crippen molar-refractivity contribution in [3.63, 3.8) is 0 Å². The number of hydrogen-bond acceptors (Lipinski definition) is 11. The van der Waals surface area contributed by atoms with Gasteiger partial charge in [0.1, 0.15) is 24.7 Å². The zero-order valence-electron chi connectivity index (χ0n) is 37.3. The molecular formula is C52H51N5O8. The van der Waals surface area contributed by atoms with Crippen molar-refractivity contribution in [3.05, 3.63) is 142 Å². The number of benzene rings is 5. The van der Waals surface area contributed by atoms with Gasteiger partial charge in [0.05, 0.1) is 63.0 Å². The first kappa shape index (κ1) is 42.9. The summed E-state index contributed by atoms with van der Waals surface area (Å²) in [6.45, 7) is 5.27. The van der Waals surface area contributed by atoms with Gasteiger partial charge in [-0.2, -0.15) is 0 Å². The van der Waals surface area contributed by atoms with Crippen molar-refractivity contribution in [2.45, 2.75) is 64.6 Å². The van der Waals surface area contributed by atoms with Gasteiger partial charge in [-0.1, -0.05) is 50.2 Å². The number of methoxy groups -OCH3 is 4. The van der Waals surface area contributed by atoms with Crippen LogP contribution in [-0.4, -0.2) is 80.6 Å². The molecular weight excluding hydrogens is 823 g/mol. The van der Waals surface area contributed by atoms with Crippen molar-refractivity contribution in [1.29, 1.82) is 0 Å². The molecule has 332 valence electrons. The van der Waals surface area contributed by atoms with Crippen molar-refractivity contribution < 1.29 is 38.0 Å². The van der Waals surface area contributed by atoms with Crippen LogP contribution in [0.15, 0.2) is 113 Å². The summed E-state index contributed by atoms with van der Waals surface area (Å²) in [7, 11) is 6.40. The number of aliphatic imine (C=N–C) groups is 2. The van der Waals surface area contributed by atoms with Crippen molar-refractivity contribution in [2.75, 3.05) is 28.4 Å². The van der Waals surface area contributed by atoms with Crippen molar-refractivity contribution in [3.8, 4) is 34.5 Å². The highest BCUT2D eigenvalue weighted by Crippen LogP contribution is 2.42. The molecule has 4 aliphatic rings. The molecule has 2 atom stereocenters. The molecule has 0 radical (unpaired) electrons. The van der Waals surface area contributed by atoms with E-state index in [0.717, 1.165) is 50.5 Å². The van der Waals surface area contributed by atoms with Crippen LogP contribution in [0.3, 0.4) is 0 Å². The minimum Gasteiger partial charge on any atom is -0.497 e. The Morgan fingerprint density at radius 1 is 0.569 bits per heavy atom. The standard InChI is InChI=1S/C52H51N5O8/c1-31(2)53-24-32-15-33(29-64-49-22-45-43(20-47(49)62-5)51(58)56-27-37(18-39(56)25-54-45)35-7-11-41(60-3)12-8-35)17-34(16-32)30-65-50-23-46-44(21-48(50)63-6)52(59)57-28-38(19-40(57)26-55-46)36-9-13-42(61-4)14-10-36/h7-17,20-23,25-28,31,39-40,53H,18-19,24,29-30H2,1-6H3. The fraction of sp³-hybridized carbons (Fsp3) is 0.269. The van der Waals surface area contributed by atoms with Gasteiger partial charge in [0, 0.05) is 62.4 Å². The molecule has 0 aromatic heterocycles. The van der Waals surface area contributed by atoms with Gasteiger partial charge in [0.25, 0.3) is 11.8 Å². The molecule has 2 amide bonds. The molecule has 0 aliphatic carbocycles. The maximum absolute atomic E-state index is 14.0. The van der Waals surface area contributed by atoms with Crippen LogP contribution in [0.25, 0.3) is 11.1 Å². The van der Waals surface area contributed by atoms with Crippen LogP contribution < -0.4 is 33.7 Å². The average Bonchev–Trinajstić information content (AvgIpc) is 3.92. The Bertz CT molecular complexity index is 2580. The summed E-state index contributed by atoms with van der Waals surface area (Å²) >= 11 is 0. The van der Waals surface area contributed by atoms with E-state index in [2.05, 4.69) is 31.3 Å². The number of carbonyl (C=O) groups is 2. The summed E-state index contributed by atoms with van der Waals surface area (Å²) < 4.78 is 35.1. The number of hydrogen-bond donors (Lipinski definition) is 1. The van der Waals surface area contributed by atoms with Crippen LogP contribution in [0, 0.1) is 0 Å². The molecule has 4 heterocycles. The van der Waals surface area contributed by atoms with Crippen LogP contribution in [0.1, 0.15) is 75.2 Å². The van der Waals surface area contributed by atoms with E-state index in [0.29, 0.717) is 64.9 Å². The first-order valence-corrected chi connectivity index (χ1v) is 21.6. The highest BCUT2D eigenvalue weighted by Gasteiger charge is 2.35. The fourth-order valence-electron chi connectivity index (χ4n) is 8.50. The minimum atomic E-state index is -0.221.